The molecule has 1 heterocycles. The lowest BCUT2D eigenvalue weighted by atomic mass is 10.1. The van der Waals surface area contributed by atoms with E-state index in [2.05, 4.69) is 0 Å². The highest BCUT2D eigenvalue weighted by Gasteiger charge is 2.26. The first kappa shape index (κ1) is 17.0. The van der Waals surface area contributed by atoms with Crippen molar-refractivity contribution in [1.82, 2.24) is 4.90 Å². The fourth-order valence-corrected chi connectivity index (χ4v) is 2.69. The molecule has 2 amide bonds. The Bertz CT molecular complexity index is 808. The van der Waals surface area contributed by atoms with Gasteiger partial charge in [0.2, 0.25) is 5.91 Å². The van der Waals surface area contributed by atoms with E-state index in [0.717, 1.165) is 12.1 Å². The highest BCUT2D eigenvalue weighted by atomic mass is 19.2. The van der Waals surface area contributed by atoms with E-state index in [1.54, 1.807) is 0 Å². The quantitative estimate of drug-likeness (QED) is 0.850. The maximum absolute atomic E-state index is 13.5. The molecule has 0 atom stereocenters. The lowest BCUT2D eigenvalue weighted by Crippen LogP contribution is -2.42. The van der Waals surface area contributed by atoms with Crippen LogP contribution >= 0.6 is 0 Å². The molecule has 2 aromatic rings. The van der Waals surface area contributed by atoms with Crippen LogP contribution in [0.5, 0.6) is 0 Å². The Morgan fingerprint density at radius 2 is 1.76 bits per heavy atom. The maximum atomic E-state index is 13.5. The van der Waals surface area contributed by atoms with Crippen LogP contribution < -0.4 is 4.90 Å². The van der Waals surface area contributed by atoms with Gasteiger partial charge >= 0.3 is 0 Å². The molecule has 25 heavy (non-hydrogen) atoms. The number of hydrogen-bond acceptors (Lipinski definition) is 2. The Labute approximate surface area is 142 Å². The van der Waals surface area contributed by atoms with Crippen molar-refractivity contribution in [3.63, 3.8) is 0 Å². The number of rotatable bonds is 4. The molecule has 0 aliphatic carbocycles. The molecule has 4 nitrogen and oxygen atoms in total. The molecule has 1 saturated heterocycles. The molecule has 0 saturated carbocycles. The minimum absolute atomic E-state index is 0.0394. The van der Waals surface area contributed by atoms with Gasteiger partial charge in [0, 0.05) is 24.2 Å². The average Bonchev–Trinajstić information content (AvgIpc) is 3.00. The number of amides is 2. The summed E-state index contributed by atoms with van der Waals surface area (Å²) in [6, 6.07) is 8.01. The van der Waals surface area contributed by atoms with Gasteiger partial charge in [-0.3, -0.25) is 14.5 Å². The van der Waals surface area contributed by atoms with Crippen molar-refractivity contribution in [1.29, 1.82) is 0 Å². The largest absolute Gasteiger partial charge is 0.324 e. The number of benzene rings is 2. The van der Waals surface area contributed by atoms with Crippen LogP contribution in [0.3, 0.4) is 0 Å². The van der Waals surface area contributed by atoms with E-state index in [4.69, 9.17) is 0 Å². The minimum Gasteiger partial charge on any atom is -0.324 e. The van der Waals surface area contributed by atoms with Crippen LogP contribution in [0.25, 0.3) is 0 Å². The third-order valence-electron chi connectivity index (χ3n) is 4.03. The van der Waals surface area contributed by atoms with E-state index < -0.39 is 23.4 Å². The number of halogens is 3. The van der Waals surface area contributed by atoms with Gasteiger partial charge in [0.15, 0.2) is 11.6 Å². The molecule has 3 rings (SSSR count). The van der Waals surface area contributed by atoms with Gasteiger partial charge < -0.3 is 4.90 Å². The van der Waals surface area contributed by atoms with E-state index in [1.165, 1.54) is 40.1 Å². The molecule has 1 aliphatic rings. The number of hydrogen-bond donors (Lipinski definition) is 0. The molecule has 7 heteroatoms. The summed E-state index contributed by atoms with van der Waals surface area (Å²) < 4.78 is 39.8. The lowest BCUT2D eigenvalue weighted by Gasteiger charge is -2.28. The molecule has 0 spiro atoms. The van der Waals surface area contributed by atoms with Gasteiger partial charge in [0.1, 0.15) is 12.5 Å². The summed E-state index contributed by atoms with van der Waals surface area (Å²) in [5.74, 6) is -3.36. The first-order valence-electron chi connectivity index (χ1n) is 7.76. The van der Waals surface area contributed by atoms with E-state index in [1.807, 2.05) is 0 Å². The van der Waals surface area contributed by atoms with Crippen molar-refractivity contribution in [3.05, 3.63) is 65.5 Å². The second-order valence-corrected chi connectivity index (χ2v) is 5.74. The van der Waals surface area contributed by atoms with Crippen LogP contribution in [0.2, 0.25) is 0 Å². The van der Waals surface area contributed by atoms with Crippen molar-refractivity contribution in [3.8, 4) is 0 Å². The summed E-state index contributed by atoms with van der Waals surface area (Å²) in [6.07, 6.45) is 1.09. The molecular formula is C18H15F3N2O2. The normalized spacial score (nSPS) is 14.0. The number of anilines is 1. The van der Waals surface area contributed by atoms with Crippen molar-refractivity contribution < 1.29 is 22.8 Å². The first-order chi connectivity index (χ1) is 12.0. The van der Waals surface area contributed by atoms with Gasteiger partial charge in [-0.2, -0.15) is 0 Å². The molecule has 0 aromatic heterocycles. The van der Waals surface area contributed by atoms with Gasteiger partial charge in [0.05, 0.1) is 0 Å². The third-order valence-corrected chi connectivity index (χ3v) is 4.03. The fraction of sp³-hybridized carbons (Fsp3) is 0.222. The Balaban J connectivity index is 1.94. The zero-order valence-corrected chi connectivity index (χ0v) is 13.2. The third kappa shape index (κ3) is 3.65. The van der Waals surface area contributed by atoms with Crippen molar-refractivity contribution in [2.75, 3.05) is 18.1 Å². The van der Waals surface area contributed by atoms with Crippen LogP contribution in [0.1, 0.15) is 23.2 Å². The van der Waals surface area contributed by atoms with E-state index in [9.17, 15) is 22.8 Å². The first-order valence-corrected chi connectivity index (χ1v) is 7.76. The second kappa shape index (κ2) is 6.96. The molecule has 1 aliphatic heterocycles. The monoisotopic (exact) mass is 348 g/mol. The van der Waals surface area contributed by atoms with Crippen LogP contribution in [0.4, 0.5) is 18.9 Å². The summed E-state index contributed by atoms with van der Waals surface area (Å²) in [5, 5.41) is 0. The van der Waals surface area contributed by atoms with Gasteiger partial charge in [-0.15, -0.1) is 0 Å². The van der Waals surface area contributed by atoms with E-state index in [0.29, 0.717) is 25.1 Å². The summed E-state index contributed by atoms with van der Waals surface area (Å²) in [5.41, 5.74) is 0.297. The van der Waals surface area contributed by atoms with Gasteiger partial charge in [-0.05, 0) is 48.9 Å². The summed E-state index contributed by atoms with van der Waals surface area (Å²) in [6.45, 7) is 0.462. The molecule has 130 valence electrons. The Kier molecular flexibility index (Phi) is 4.74. The smallest absolute Gasteiger partial charge is 0.259 e. The van der Waals surface area contributed by atoms with E-state index >= 15 is 0 Å². The molecular weight excluding hydrogens is 333 g/mol. The number of nitrogens with zero attached hydrogens (tertiary/aromatic N) is 2. The highest BCUT2D eigenvalue weighted by Crippen LogP contribution is 2.21. The minimum atomic E-state index is -1.14. The van der Waals surface area contributed by atoms with Gasteiger partial charge in [-0.25, -0.2) is 13.2 Å². The van der Waals surface area contributed by atoms with Crippen LogP contribution in [0.15, 0.2) is 42.5 Å². The summed E-state index contributed by atoms with van der Waals surface area (Å²) in [4.78, 5) is 27.4. The highest BCUT2D eigenvalue weighted by molar-refractivity contribution is 6.06. The maximum Gasteiger partial charge on any atom is 0.259 e. The molecule has 0 radical (unpaired) electrons. The number of carbonyl (C=O) groups is 2. The second-order valence-electron chi connectivity index (χ2n) is 5.74. The standard InChI is InChI=1S/C18H15F3N2O2/c19-13-4-6-14(7-5-13)23(11-22-9-1-2-17(22)24)18(25)12-3-8-15(20)16(21)10-12/h3-8,10H,1-2,9,11H2. The molecule has 1 fully saturated rings. The predicted molar refractivity (Wildman–Crippen MR) is 85.4 cm³/mol. The van der Waals surface area contributed by atoms with Crippen molar-refractivity contribution in [2.45, 2.75) is 12.8 Å². The SMILES string of the molecule is O=C1CCCN1CN(C(=O)c1ccc(F)c(F)c1)c1ccc(F)cc1. The van der Waals surface area contributed by atoms with E-state index in [-0.39, 0.29) is 18.1 Å². The Morgan fingerprint density at radius 1 is 1.04 bits per heavy atom. The molecule has 0 unspecified atom stereocenters. The topological polar surface area (TPSA) is 40.6 Å². The lowest BCUT2D eigenvalue weighted by molar-refractivity contribution is -0.127. The van der Waals surface area contributed by atoms with Crippen LogP contribution in [0, 0.1) is 17.5 Å². The van der Waals surface area contributed by atoms with Gasteiger partial charge in [-0.1, -0.05) is 0 Å². The van der Waals surface area contributed by atoms with Gasteiger partial charge in [0.25, 0.3) is 5.91 Å². The zero-order valence-electron chi connectivity index (χ0n) is 13.2. The molecule has 0 N–H and O–H groups in total. The molecule has 0 bridgehead atoms. The summed E-state index contributed by atoms with van der Waals surface area (Å²) in [7, 11) is 0. The number of likely N-dealkylation sites (tertiary alicyclic amines) is 1. The Morgan fingerprint density at radius 3 is 2.36 bits per heavy atom. The van der Waals surface area contributed by atoms with Crippen molar-refractivity contribution in [2.24, 2.45) is 0 Å². The average molecular weight is 348 g/mol. The fourth-order valence-electron chi connectivity index (χ4n) is 2.69. The predicted octanol–water partition coefficient (Wildman–Crippen LogP) is 3.33. The zero-order chi connectivity index (χ0) is 18.0. The van der Waals surface area contributed by atoms with Crippen molar-refractivity contribution >= 4 is 17.5 Å². The Hall–Kier alpha value is -2.83. The van der Waals surface area contributed by atoms with Crippen LogP contribution in [-0.2, 0) is 4.79 Å². The number of carbonyl (C=O) groups excluding carboxylic acids is 2. The molecule has 2 aromatic carbocycles. The summed E-state index contributed by atoms with van der Waals surface area (Å²) >= 11 is 0. The van der Waals surface area contributed by atoms with Crippen LogP contribution in [-0.4, -0.2) is 29.9 Å².